The van der Waals surface area contributed by atoms with Crippen molar-refractivity contribution in [3.63, 3.8) is 0 Å². The molecule has 4 nitrogen and oxygen atoms in total. The summed E-state index contributed by atoms with van der Waals surface area (Å²) in [7, 11) is -3.25. The van der Waals surface area contributed by atoms with Gasteiger partial charge in [0.25, 0.3) is 0 Å². The molecule has 4 rings (SSSR count). The van der Waals surface area contributed by atoms with E-state index in [-0.39, 0.29) is 11.6 Å². The van der Waals surface area contributed by atoms with E-state index in [0.717, 1.165) is 34.9 Å². The van der Waals surface area contributed by atoms with Crippen molar-refractivity contribution in [2.24, 2.45) is 0 Å². The van der Waals surface area contributed by atoms with Gasteiger partial charge in [-0.3, -0.25) is 0 Å². The number of aromatic nitrogens is 1. The minimum Gasteiger partial charge on any atom is -0.361 e. The number of sulfonamides is 1. The minimum absolute atomic E-state index is 0.147. The Morgan fingerprint density at radius 3 is 2.56 bits per heavy atom. The summed E-state index contributed by atoms with van der Waals surface area (Å²) in [6, 6.07) is 14.5. The van der Waals surface area contributed by atoms with Gasteiger partial charge in [-0.1, -0.05) is 30.3 Å². The van der Waals surface area contributed by atoms with Crippen LogP contribution < -0.4 is 0 Å². The SMILES string of the molecule is O=S(=O)(CCc1ccccc1)N1CCC(c2c[nH]c3cc(F)ccc23)CC1. The van der Waals surface area contributed by atoms with Crippen LogP contribution in [0.25, 0.3) is 10.9 Å². The van der Waals surface area contributed by atoms with Gasteiger partial charge < -0.3 is 4.98 Å². The molecule has 2 heterocycles. The lowest BCUT2D eigenvalue weighted by atomic mass is 9.90. The predicted octanol–water partition coefficient (Wildman–Crippen LogP) is 4.06. The molecule has 142 valence electrons. The van der Waals surface area contributed by atoms with Crippen LogP contribution in [0.2, 0.25) is 0 Å². The maximum Gasteiger partial charge on any atom is 0.214 e. The van der Waals surface area contributed by atoms with E-state index in [9.17, 15) is 12.8 Å². The molecule has 3 aromatic rings. The van der Waals surface area contributed by atoms with Crippen molar-refractivity contribution in [2.75, 3.05) is 18.8 Å². The maximum atomic E-state index is 13.4. The summed E-state index contributed by atoms with van der Waals surface area (Å²) < 4.78 is 40.4. The third-order valence-electron chi connectivity index (χ3n) is 5.45. The van der Waals surface area contributed by atoms with Crippen molar-refractivity contribution in [2.45, 2.75) is 25.2 Å². The van der Waals surface area contributed by atoms with Crippen molar-refractivity contribution in [3.05, 3.63) is 71.7 Å². The maximum absolute atomic E-state index is 13.4. The van der Waals surface area contributed by atoms with E-state index >= 15 is 0 Å². The van der Waals surface area contributed by atoms with Crippen molar-refractivity contribution in [1.82, 2.24) is 9.29 Å². The number of nitrogens with one attached hydrogen (secondary N) is 1. The average molecular weight is 386 g/mol. The van der Waals surface area contributed by atoms with Crippen LogP contribution >= 0.6 is 0 Å². The lowest BCUT2D eigenvalue weighted by molar-refractivity contribution is 0.320. The van der Waals surface area contributed by atoms with Gasteiger partial charge >= 0.3 is 0 Å². The number of hydrogen-bond acceptors (Lipinski definition) is 2. The normalized spacial score (nSPS) is 16.8. The molecule has 0 aliphatic carbocycles. The first-order valence-electron chi connectivity index (χ1n) is 9.31. The number of hydrogen-bond donors (Lipinski definition) is 1. The second kappa shape index (κ2) is 7.44. The molecule has 0 amide bonds. The Balaban J connectivity index is 1.40. The minimum atomic E-state index is -3.25. The predicted molar refractivity (Wildman–Crippen MR) is 106 cm³/mol. The van der Waals surface area contributed by atoms with Crippen molar-refractivity contribution in [1.29, 1.82) is 0 Å². The lowest BCUT2D eigenvalue weighted by Crippen LogP contribution is -2.39. The molecule has 1 saturated heterocycles. The second-order valence-corrected chi connectivity index (χ2v) is 9.25. The number of aryl methyl sites for hydroxylation is 1. The van der Waals surface area contributed by atoms with Crippen LogP contribution in [0, 0.1) is 5.82 Å². The number of piperidine rings is 1. The standard InChI is InChI=1S/C21H23FN2O2S/c22-18-6-7-19-20(15-23-21(19)14-18)17-8-11-24(12-9-17)27(25,26)13-10-16-4-2-1-3-5-16/h1-7,14-15,17,23H,8-13H2. The molecule has 1 fully saturated rings. The van der Waals surface area contributed by atoms with Gasteiger partial charge in [-0.05, 0) is 54.5 Å². The summed E-state index contributed by atoms with van der Waals surface area (Å²) in [5.74, 6) is 0.189. The van der Waals surface area contributed by atoms with E-state index in [1.165, 1.54) is 12.1 Å². The number of benzene rings is 2. The molecule has 2 aromatic carbocycles. The molecule has 1 N–H and O–H groups in total. The van der Waals surface area contributed by atoms with Gasteiger partial charge in [0.1, 0.15) is 5.82 Å². The van der Waals surface area contributed by atoms with Gasteiger partial charge in [0.2, 0.25) is 10.0 Å². The van der Waals surface area contributed by atoms with E-state index in [0.29, 0.717) is 25.4 Å². The topological polar surface area (TPSA) is 53.2 Å². The highest BCUT2D eigenvalue weighted by Crippen LogP contribution is 2.34. The summed E-state index contributed by atoms with van der Waals surface area (Å²) in [4.78, 5) is 3.13. The van der Waals surface area contributed by atoms with Crippen molar-refractivity contribution < 1.29 is 12.8 Å². The third kappa shape index (κ3) is 3.92. The first kappa shape index (κ1) is 18.2. The van der Waals surface area contributed by atoms with E-state index in [1.807, 2.05) is 36.5 Å². The fourth-order valence-corrected chi connectivity index (χ4v) is 5.44. The molecule has 1 aromatic heterocycles. The summed E-state index contributed by atoms with van der Waals surface area (Å²) >= 11 is 0. The third-order valence-corrected chi connectivity index (χ3v) is 7.33. The summed E-state index contributed by atoms with van der Waals surface area (Å²) in [6.07, 6.45) is 4.05. The summed E-state index contributed by atoms with van der Waals surface area (Å²) in [5.41, 5.74) is 3.00. The first-order chi connectivity index (χ1) is 13.0. The summed E-state index contributed by atoms with van der Waals surface area (Å²) in [5, 5.41) is 1.03. The van der Waals surface area contributed by atoms with Crippen LogP contribution in [-0.4, -0.2) is 36.5 Å². The fraction of sp³-hybridized carbons (Fsp3) is 0.333. The van der Waals surface area contributed by atoms with Crippen LogP contribution in [-0.2, 0) is 16.4 Å². The molecule has 0 saturated carbocycles. The van der Waals surface area contributed by atoms with Crippen LogP contribution in [0.5, 0.6) is 0 Å². The first-order valence-corrected chi connectivity index (χ1v) is 10.9. The molecular weight excluding hydrogens is 363 g/mol. The molecule has 27 heavy (non-hydrogen) atoms. The molecular formula is C21H23FN2O2S. The molecule has 1 aliphatic heterocycles. The molecule has 6 heteroatoms. The van der Waals surface area contributed by atoms with Gasteiger partial charge in [-0.25, -0.2) is 17.1 Å². The molecule has 0 atom stereocenters. The number of H-pyrrole nitrogens is 1. The smallest absolute Gasteiger partial charge is 0.214 e. The van der Waals surface area contributed by atoms with Gasteiger partial charge in [-0.2, -0.15) is 0 Å². The number of rotatable bonds is 5. The van der Waals surface area contributed by atoms with Crippen molar-refractivity contribution >= 4 is 20.9 Å². The van der Waals surface area contributed by atoms with E-state index in [4.69, 9.17) is 0 Å². The van der Waals surface area contributed by atoms with Crippen LogP contribution in [0.15, 0.2) is 54.7 Å². The van der Waals surface area contributed by atoms with Gasteiger partial charge in [0.05, 0.1) is 5.75 Å². The monoisotopic (exact) mass is 386 g/mol. The Morgan fingerprint density at radius 2 is 1.81 bits per heavy atom. The highest BCUT2D eigenvalue weighted by molar-refractivity contribution is 7.89. The molecule has 0 unspecified atom stereocenters. The number of aromatic amines is 1. The quantitative estimate of drug-likeness (QED) is 0.719. The van der Waals surface area contributed by atoms with E-state index < -0.39 is 10.0 Å². The Morgan fingerprint density at radius 1 is 1.07 bits per heavy atom. The van der Waals surface area contributed by atoms with Crippen LogP contribution in [0.4, 0.5) is 4.39 Å². The number of fused-ring (bicyclic) bond motifs is 1. The zero-order valence-electron chi connectivity index (χ0n) is 15.1. The highest BCUT2D eigenvalue weighted by Gasteiger charge is 2.29. The largest absolute Gasteiger partial charge is 0.361 e. The van der Waals surface area contributed by atoms with Crippen LogP contribution in [0.1, 0.15) is 29.9 Å². The fourth-order valence-electron chi connectivity index (χ4n) is 3.92. The highest BCUT2D eigenvalue weighted by atomic mass is 32.2. The zero-order chi connectivity index (χ0) is 18.9. The van der Waals surface area contributed by atoms with E-state index in [1.54, 1.807) is 10.4 Å². The Labute approximate surface area is 159 Å². The van der Waals surface area contributed by atoms with Gasteiger partial charge in [0, 0.05) is 30.2 Å². The van der Waals surface area contributed by atoms with Crippen LogP contribution in [0.3, 0.4) is 0 Å². The lowest BCUT2D eigenvalue weighted by Gasteiger charge is -2.31. The zero-order valence-corrected chi connectivity index (χ0v) is 15.9. The van der Waals surface area contributed by atoms with Crippen molar-refractivity contribution in [3.8, 4) is 0 Å². The number of nitrogens with zero attached hydrogens (tertiary/aromatic N) is 1. The molecule has 0 spiro atoms. The van der Waals surface area contributed by atoms with Gasteiger partial charge in [-0.15, -0.1) is 0 Å². The Bertz CT molecular complexity index is 1020. The summed E-state index contributed by atoms with van der Waals surface area (Å²) in [6.45, 7) is 1.07. The molecule has 1 aliphatic rings. The Kier molecular flexibility index (Phi) is 5.02. The van der Waals surface area contributed by atoms with Gasteiger partial charge in [0.15, 0.2) is 0 Å². The van der Waals surface area contributed by atoms with E-state index in [2.05, 4.69) is 4.98 Å². The Hall–Kier alpha value is -2.18. The molecule has 0 bridgehead atoms. The second-order valence-electron chi connectivity index (χ2n) is 7.16. The number of halogens is 1. The average Bonchev–Trinajstić information content (AvgIpc) is 3.10. The molecule has 0 radical (unpaired) electrons.